The van der Waals surface area contributed by atoms with Crippen LogP contribution < -0.4 is 10.6 Å². The summed E-state index contributed by atoms with van der Waals surface area (Å²) in [7, 11) is 0. The number of nitrogens with one attached hydrogen (secondary N) is 2. The molecule has 108 valence electrons. The number of hydrogen-bond donors (Lipinski definition) is 2. The first-order chi connectivity index (χ1) is 9.72. The lowest BCUT2D eigenvalue weighted by Crippen LogP contribution is -2.40. The Morgan fingerprint density at radius 2 is 2.05 bits per heavy atom. The molecular weight excluding hydrogens is 254 g/mol. The van der Waals surface area contributed by atoms with Crippen molar-refractivity contribution < 1.29 is 9.59 Å². The Kier molecular flexibility index (Phi) is 5.12. The Hall–Kier alpha value is -1.88. The second kappa shape index (κ2) is 7.05. The molecule has 1 aromatic rings. The van der Waals surface area contributed by atoms with E-state index < -0.39 is 0 Å². The quantitative estimate of drug-likeness (QED) is 0.722. The Labute approximate surface area is 119 Å². The second-order valence-corrected chi connectivity index (χ2v) is 4.92. The van der Waals surface area contributed by atoms with E-state index in [9.17, 15) is 9.59 Å². The van der Waals surface area contributed by atoms with Gasteiger partial charge in [-0.1, -0.05) is 25.1 Å². The molecule has 0 saturated carbocycles. The smallest absolute Gasteiger partial charge is 0.254 e. The predicted molar refractivity (Wildman–Crippen MR) is 77.4 cm³/mol. The number of benzene rings is 1. The van der Waals surface area contributed by atoms with Gasteiger partial charge in [-0.25, -0.2) is 0 Å². The summed E-state index contributed by atoms with van der Waals surface area (Å²) in [6.07, 6.45) is 1.08. The fourth-order valence-electron chi connectivity index (χ4n) is 2.26. The zero-order valence-electron chi connectivity index (χ0n) is 11.8. The van der Waals surface area contributed by atoms with Crippen LogP contribution in [0.1, 0.15) is 29.3 Å². The van der Waals surface area contributed by atoms with E-state index in [4.69, 9.17) is 0 Å². The van der Waals surface area contributed by atoms with E-state index in [0.29, 0.717) is 18.7 Å². The van der Waals surface area contributed by atoms with Crippen molar-refractivity contribution >= 4 is 11.8 Å². The number of hydrogen-bond acceptors (Lipinski definition) is 3. The molecule has 1 aliphatic rings. The average molecular weight is 275 g/mol. The van der Waals surface area contributed by atoms with Crippen LogP contribution in [-0.2, 0) is 11.3 Å². The molecule has 2 amide bonds. The molecule has 0 aromatic heterocycles. The summed E-state index contributed by atoms with van der Waals surface area (Å²) < 4.78 is 0. The lowest BCUT2D eigenvalue weighted by atomic mass is 10.1. The topological polar surface area (TPSA) is 61.4 Å². The summed E-state index contributed by atoms with van der Waals surface area (Å²) >= 11 is 0. The molecular formula is C15H21N3O2. The van der Waals surface area contributed by atoms with Crippen molar-refractivity contribution in [3.8, 4) is 0 Å². The molecule has 0 unspecified atom stereocenters. The largest absolute Gasteiger partial charge is 0.353 e. The maximum atomic E-state index is 12.1. The maximum Gasteiger partial charge on any atom is 0.254 e. The third-order valence-electron chi connectivity index (χ3n) is 3.28. The summed E-state index contributed by atoms with van der Waals surface area (Å²) in [6.45, 7) is 5.05. The lowest BCUT2D eigenvalue weighted by Gasteiger charge is -2.15. The van der Waals surface area contributed by atoms with Crippen LogP contribution in [-0.4, -0.2) is 42.9 Å². The molecule has 5 nitrogen and oxygen atoms in total. The summed E-state index contributed by atoms with van der Waals surface area (Å²) in [4.78, 5) is 25.5. The molecule has 0 bridgehead atoms. The van der Waals surface area contributed by atoms with Gasteiger partial charge in [0, 0.05) is 25.2 Å². The van der Waals surface area contributed by atoms with Gasteiger partial charge < -0.3 is 15.5 Å². The van der Waals surface area contributed by atoms with Crippen molar-refractivity contribution in [3.63, 3.8) is 0 Å². The number of fused-ring (bicyclic) bond motifs is 1. The minimum atomic E-state index is -0.107. The van der Waals surface area contributed by atoms with E-state index in [1.807, 2.05) is 24.3 Å². The Morgan fingerprint density at radius 3 is 2.80 bits per heavy atom. The minimum Gasteiger partial charge on any atom is -0.353 e. The molecule has 0 atom stereocenters. The molecule has 0 spiro atoms. The summed E-state index contributed by atoms with van der Waals surface area (Å²) in [5.41, 5.74) is 1.71. The van der Waals surface area contributed by atoms with Crippen molar-refractivity contribution in [1.82, 2.24) is 15.5 Å². The summed E-state index contributed by atoms with van der Waals surface area (Å²) in [5, 5.41) is 6.03. The number of carbonyl (C=O) groups excluding carboxylic acids is 2. The monoisotopic (exact) mass is 275 g/mol. The van der Waals surface area contributed by atoms with Crippen molar-refractivity contribution in [2.45, 2.75) is 19.9 Å². The molecule has 0 fully saturated rings. The second-order valence-electron chi connectivity index (χ2n) is 4.92. The van der Waals surface area contributed by atoms with Crippen molar-refractivity contribution in [1.29, 1.82) is 0 Å². The van der Waals surface area contributed by atoms with Crippen LogP contribution in [0, 0.1) is 0 Å². The van der Waals surface area contributed by atoms with E-state index in [1.54, 1.807) is 4.90 Å². The molecule has 0 radical (unpaired) electrons. The van der Waals surface area contributed by atoms with Gasteiger partial charge in [-0.15, -0.1) is 0 Å². The Bertz CT molecular complexity index is 488. The van der Waals surface area contributed by atoms with Crippen molar-refractivity contribution in [3.05, 3.63) is 35.4 Å². The molecule has 2 rings (SSSR count). The molecule has 1 aromatic carbocycles. The third-order valence-corrected chi connectivity index (χ3v) is 3.28. The fraction of sp³-hybridized carbons (Fsp3) is 0.467. The van der Waals surface area contributed by atoms with Gasteiger partial charge in [0.1, 0.15) is 6.54 Å². The van der Waals surface area contributed by atoms with Crippen molar-refractivity contribution in [2.75, 3.05) is 26.2 Å². The average Bonchev–Trinajstić information content (AvgIpc) is 2.76. The Morgan fingerprint density at radius 1 is 1.25 bits per heavy atom. The summed E-state index contributed by atoms with van der Waals surface area (Å²) in [5.74, 6) is -0.163. The minimum absolute atomic E-state index is 0.0557. The highest BCUT2D eigenvalue weighted by atomic mass is 16.2. The maximum absolute atomic E-state index is 12.1. The zero-order valence-corrected chi connectivity index (χ0v) is 11.8. The lowest BCUT2D eigenvalue weighted by molar-refractivity contribution is -0.121. The molecule has 0 aliphatic carbocycles. The number of nitrogens with zero attached hydrogens (tertiary/aromatic N) is 1. The van der Waals surface area contributed by atoms with E-state index in [0.717, 1.165) is 25.1 Å². The van der Waals surface area contributed by atoms with E-state index in [1.165, 1.54) is 0 Å². The van der Waals surface area contributed by atoms with E-state index in [-0.39, 0.29) is 18.4 Å². The Balaban J connectivity index is 1.75. The van der Waals surface area contributed by atoms with E-state index >= 15 is 0 Å². The first-order valence-corrected chi connectivity index (χ1v) is 7.07. The van der Waals surface area contributed by atoms with Gasteiger partial charge in [-0.05, 0) is 24.6 Å². The van der Waals surface area contributed by atoms with Crippen LogP contribution in [0.4, 0.5) is 0 Å². The van der Waals surface area contributed by atoms with Gasteiger partial charge in [-0.3, -0.25) is 9.59 Å². The van der Waals surface area contributed by atoms with Gasteiger partial charge in [-0.2, -0.15) is 0 Å². The first kappa shape index (κ1) is 14.5. The molecule has 20 heavy (non-hydrogen) atoms. The third kappa shape index (κ3) is 3.57. The predicted octanol–water partition coefficient (Wildman–Crippen LogP) is 0.758. The van der Waals surface area contributed by atoms with Crippen molar-refractivity contribution in [2.24, 2.45) is 0 Å². The van der Waals surface area contributed by atoms with Gasteiger partial charge in [0.05, 0.1) is 0 Å². The van der Waals surface area contributed by atoms with Gasteiger partial charge in [0.25, 0.3) is 5.91 Å². The van der Waals surface area contributed by atoms with Gasteiger partial charge in [0.2, 0.25) is 5.91 Å². The zero-order chi connectivity index (χ0) is 14.4. The first-order valence-electron chi connectivity index (χ1n) is 7.07. The highest BCUT2D eigenvalue weighted by Crippen LogP contribution is 2.21. The highest BCUT2D eigenvalue weighted by molar-refractivity contribution is 6.00. The number of amides is 2. The van der Waals surface area contributed by atoms with Crippen LogP contribution in [0.15, 0.2) is 24.3 Å². The molecule has 1 aliphatic heterocycles. The van der Waals surface area contributed by atoms with Crippen LogP contribution in [0.25, 0.3) is 0 Å². The van der Waals surface area contributed by atoms with Crippen LogP contribution in [0.5, 0.6) is 0 Å². The summed E-state index contributed by atoms with van der Waals surface area (Å²) in [6, 6.07) is 7.50. The fourth-order valence-corrected chi connectivity index (χ4v) is 2.26. The van der Waals surface area contributed by atoms with Crippen LogP contribution >= 0.6 is 0 Å². The van der Waals surface area contributed by atoms with E-state index in [2.05, 4.69) is 17.6 Å². The highest BCUT2D eigenvalue weighted by Gasteiger charge is 2.27. The molecule has 5 heteroatoms. The normalized spacial score (nSPS) is 13.4. The molecule has 2 N–H and O–H groups in total. The van der Waals surface area contributed by atoms with Crippen LogP contribution in [0.3, 0.4) is 0 Å². The number of carbonyl (C=O) groups is 2. The SMILES string of the molecule is CCCNCCNC(=O)CN1Cc2ccccc2C1=O. The molecule has 1 heterocycles. The standard InChI is InChI=1S/C15H21N3O2/c1-2-7-16-8-9-17-14(19)11-18-10-12-5-3-4-6-13(12)15(18)20/h3-6,16H,2,7-11H2,1H3,(H,17,19). The molecule has 0 saturated heterocycles. The van der Waals surface area contributed by atoms with Gasteiger partial charge in [0.15, 0.2) is 0 Å². The van der Waals surface area contributed by atoms with Crippen LogP contribution in [0.2, 0.25) is 0 Å². The number of rotatable bonds is 7. The van der Waals surface area contributed by atoms with Gasteiger partial charge >= 0.3 is 0 Å².